The van der Waals surface area contributed by atoms with Gasteiger partial charge in [-0.1, -0.05) is 54.1 Å². The summed E-state index contributed by atoms with van der Waals surface area (Å²) in [6, 6.07) is 19.5. The van der Waals surface area contributed by atoms with Gasteiger partial charge >= 0.3 is 0 Å². The number of benzene rings is 3. The van der Waals surface area contributed by atoms with Crippen LogP contribution in [0.4, 0.5) is 4.39 Å². The van der Waals surface area contributed by atoms with Crippen LogP contribution in [0.15, 0.2) is 89.8 Å². The number of sulfonamides is 1. The molecule has 0 radical (unpaired) electrons. The Morgan fingerprint density at radius 2 is 1.74 bits per heavy atom. The zero-order valence-corrected chi connectivity index (χ0v) is 20.4. The second-order valence-electron chi connectivity index (χ2n) is 8.41. The second kappa shape index (κ2) is 10.4. The molecule has 0 spiro atoms. The molecule has 1 heterocycles. The molecule has 1 amide bonds. The quantitative estimate of drug-likeness (QED) is 0.474. The predicted molar refractivity (Wildman–Crippen MR) is 132 cm³/mol. The summed E-state index contributed by atoms with van der Waals surface area (Å²) in [6.07, 6.45) is 3.57. The summed E-state index contributed by atoms with van der Waals surface area (Å²) < 4.78 is 46.9. The number of carbonyl (C=O) groups excluding carboxylic acids is 1. The lowest BCUT2D eigenvalue weighted by Gasteiger charge is -2.34. The van der Waals surface area contributed by atoms with Crippen molar-refractivity contribution in [1.29, 1.82) is 0 Å². The van der Waals surface area contributed by atoms with E-state index in [0.717, 1.165) is 11.1 Å². The molecule has 0 N–H and O–H groups in total. The van der Waals surface area contributed by atoms with Gasteiger partial charge in [-0.3, -0.25) is 4.79 Å². The van der Waals surface area contributed by atoms with E-state index >= 15 is 0 Å². The van der Waals surface area contributed by atoms with Crippen molar-refractivity contribution in [2.75, 3.05) is 20.2 Å². The number of carbonyl (C=O) groups is 1. The maximum Gasteiger partial charge on any atom is 0.243 e. The molecule has 1 atom stereocenters. The van der Waals surface area contributed by atoms with Crippen LogP contribution in [0.25, 0.3) is 0 Å². The number of hydrogen-bond donors (Lipinski definition) is 0. The molecule has 1 unspecified atom stereocenters. The van der Waals surface area contributed by atoms with Crippen molar-refractivity contribution < 1.29 is 22.3 Å². The van der Waals surface area contributed by atoms with E-state index in [9.17, 15) is 17.6 Å². The van der Waals surface area contributed by atoms with Crippen molar-refractivity contribution in [3.05, 3.63) is 107 Å². The van der Waals surface area contributed by atoms with E-state index in [0.29, 0.717) is 11.3 Å². The van der Waals surface area contributed by atoms with Crippen LogP contribution in [-0.2, 0) is 21.4 Å². The van der Waals surface area contributed by atoms with Gasteiger partial charge in [-0.15, -0.1) is 0 Å². The fourth-order valence-electron chi connectivity index (χ4n) is 4.03. The van der Waals surface area contributed by atoms with Crippen LogP contribution in [0, 0.1) is 12.7 Å². The van der Waals surface area contributed by atoms with Crippen LogP contribution < -0.4 is 4.74 Å². The second-order valence-corrected chi connectivity index (χ2v) is 10.3. The Hall–Kier alpha value is -3.49. The van der Waals surface area contributed by atoms with Crippen LogP contribution in [0.5, 0.6) is 5.75 Å². The largest absolute Gasteiger partial charge is 0.497 e. The van der Waals surface area contributed by atoms with Crippen molar-refractivity contribution in [3.8, 4) is 5.75 Å². The molecule has 8 heteroatoms. The number of amides is 1. The maximum absolute atomic E-state index is 13.9. The monoisotopic (exact) mass is 494 g/mol. The minimum absolute atomic E-state index is 0.0579. The highest BCUT2D eigenvalue weighted by atomic mass is 32.2. The number of aryl methyl sites for hydroxylation is 1. The minimum Gasteiger partial charge on any atom is -0.497 e. The standard InChI is InChI=1S/C27H27FN2O4S/c1-20-8-14-25(15-9-20)35(32,33)29-16-4-7-26(22-10-12-24(34-2)13-11-22)30(27(31)19-29)18-21-5-3-6-23(28)17-21/h3-15,17,26H,16,18-19H2,1-2H3/b7-4-. The Bertz CT molecular complexity index is 1320. The van der Waals surface area contributed by atoms with Gasteiger partial charge in [-0.2, -0.15) is 4.31 Å². The van der Waals surface area contributed by atoms with E-state index in [2.05, 4.69) is 0 Å². The van der Waals surface area contributed by atoms with E-state index in [1.165, 1.54) is 16.4 Å². The molecule has 182 valence electrons. The third kappa shape index (κ3) is 5.61. The van der Waals surface area contributed by atoms with Gasteiger partial charge in [0.25, 0.3) is 0 Å². The molecule has 1 aliphatic rings. The molecular weight excluding hydrogens is 467 g/mol. The number of methoxy groups -OCH3 is 1. The molecule has 0 bridgehead atoms. The lowest BCUT2D eigenvalue weighted by Crippen LogP contribution is -2.45. The molecule has 0 fully saturated rings. The first kappa shape index (κ1) is 24.6. The molecule has 6 nitrogen and oxygen atoms in total. The number of rotatable bonds is 6. The SMILES string of the molecule is COc1ccc(C2/C=C\CN(S(=O)(=O)c3ccc(C)cc3)CC(=O)N2Cc2cccc(F)c2)cc1. The molecule has 0 aliphatic carbocycles. The first-order valence-corrected chi connectivity index (χ1v) is 12.6. The zero-order chi connectivity index (χ0) is 25.0. The van der Waals surface area contributed by atoms with E-state index in [1.54, 1.807) is 66.6 Å². The van der Waals surface area contributed by atoms with Gasteiger partial charge in [-0.25, -0.2) is 12.8 Å². The molecule has 0 saturated heterocycles. The van der Waals surface area contributed by atoms with Crippen LogP contribution in [0.1, 0.15) is 22.7 Å². The summed E-state index contributed by atoms with van der Waals surface area (Å²) in [5.74, 6) is -0.0980. The van der Waals surface area contributed by atoms with E-state index in [4.69, 9.17) is 4.74 Å². The van der Waals surface area contributed by atoms with Crippen molar-refractivity contribution in [3.63, 3.8) is 0 Å². The van der Waals surface area contributed by atoms with Crippen molar-refractivity contribution in [1.82, 2.24) is 9.21 Å². The number of hydrogen-bond acceptors (Lipinski definition) is 4. The Labute approximate surface area is 205 Å². The lowest BCUT2D eigenvalue weighted by molar-refractivity contribution is -0.133. The fourth-order valence-corrected chi connectivity index (χ4v) is 5.37. The average Bonchev–Trinajstić information content (AvgIpc) is 2.84. The van der Waals surface area contributed by atoms with Gasteiger partial charge < -0.3 is 9.64 Å². The first-order valence-electron chi connectivity index (χ1n) is 11.2. The Balaban J connectivity index is 1.71. The smallest absolute Gasteiger partial charge is 0.243 e. The van der Waals surface area contributed by atoms with E-state index in [-0.39, 0.29) is 30.4 Å². The minimum atomic E-state index is -3.89. The van der Waals surface area contributed by atoms with Crippen LogP contribution >= 0.6 is 0 Å². The molecule has 3 aromatic carbocycles. The normalized spacial score (nSPS) is 18.1. The van der Waals surface area contributed by atoms with Gasteiger partial charge in [0.2, 0.25) is 15.9 Å². The first-order chi connectivity index (χ1) is 16.8. The summed E-state index contributed by atoms with van der Waals surface area (Å²) in [6.45, 7) is 1.73. The van der Waals surface area contributed by atoms with E-state index in [1.807, 2.05) is 25.1 Å². The Morgan fingerprint density at radius 1 is 1.03 bits per heavy atom. The van der Waals surface area contributed by atoms with Crippen molar-refractivity contribution >= 4 is 15.9 Å². The molecule has 35 heavy (non-hydrogen) atoms. The van der Waals surface area contributed by atoms with Crippen molar-refractivity contribution in [2.24, 2.45) is 0 Å². The Morgan fingerprint density at radius 3 is 2.40 bits per heavy atom. The highest BCUT2D eigenvalue weighted by Gasteiger charge is 2.32. The summed E-state index contributed by atoms with van der Waals surface area (Å²) in [4.78, 5) is 15.3. The third-order valence-electron chi connectivity index (χ3n) is 5.95. The molecule has 4 rings (SSSR count). The fraction of sp³-hybridized carbons (Fsp3) is 0.222. The lowest BCUT2D eigenvalue weighted by atomic mass is 10.0. The summed E-state index contributed by atoms with van der Waals surface area (Å²) in [7, 11) is -2.31. The number of halogens is 1. The van der Waals surface area contributed by atoms with Gasteiger partial charge in [-0.05, 0) is 54.4 Å². The summed E-state index contributed by atoms with van der Waals surface area (Å²) in [5.41, 5.74) is 2.39. The molecule has 3 aromatic rings. The number of ether oxygens (including phenoxy) is 1. The van der Waals surface area contributed by atoms with Crippen LogP contribution in [-0.4, -0.2) is 43.7 Å². The van der Waals surface area contributed by atoms with Crippen LogP contribution in [0.2, 0.25) is 0 Å². The molecule has 0 aromatic heterocycles. The summed E-state index contributed by atoms with van der Waals surface area (Å²) >= 11 is 0. The zero-order valence-electron chi connectivity index (χ0n) is 19.6. The topological polar surface area (TPSA) is 66.9 Å². The Kier molecular flexibility index (Phi) is 7.33. The van der Waals surface area contributed by atoms with Gasteiger partial charge in [0.15, 0.2) is 0 Å². The van der Waals surface area contributed by atoms with Gasteiger partial charge in [0, 0.05) is 13.1 Å². The van der Waals surface area contributed by atoms with Gasteiger partial charge in [0.1, 0.15) is 11.6 Å². The van der Waals surface area contributed by atoms with Crippen molar-refractivity contribution in [2.45, 2.75) is 24.4 Å². The summed E-state index contributed by atoms with van der Waals surface area (Å²) in [5, 5.41) is 0. The average molecular weight is 495 g/mol. The van der Waals surface area contributed by atoms with Crippen LogP contribution in [0.3, 0.4) is 0 Å². The molecular formula is C27H27FN2O4S. The highest BCUT2D eigenvalue weighted by molar-refractivity contribution is 7.89. The highest BCUT2D eigenvalue weighted by Crippen LogP contribution is 2.29. The predicted octanol–water partition coefficient (Wildman–Crippen LogP) is 4.47. The van der Waals surface area contributed by atoms with E-state index < -0.39 is 21.9 Å². The molecule has 0 saturated carbocycles. The molecule has 1 aliphatic heterocycles. The van der Waals surface area contributed by atoms with Gasteiger partial charge in [0.05, 0.1) is 24.6 Å². The number of nitrogens with zero attached hydrogens (tertiary/aromatic N) is 2. The maximum atomic E-state index is 13.9. The third-order valence-corrected chi connectivity index (χ3v) is 7.78.